The smallest absolute Gasteiger partial charge is 0.0994 e. The van der Waals surface area contributed by atoms with Crippen LogP contribution in [0.5, 0.6) is 0 Å². The Bertz CT molecular complexity index is 318. The second-order valence-electron chi connectivity index (χ2n) is 3.33. The molecule has 1 nitrogen and oxygen atoms in total. The van der Waals surface area contributed by atoms with Gasteiger partial charge in [0.15, 0.2) is 0 Å². The lowest BCUT2D eigenvalue weighted by Crippen LogP contribution is -2.09. The van der Waals surface area contributed by atoms with E-state index in [1.807, 2.05) is 18.2 Å². The van der Waals surface area contributed by atoms with E-state index in [9.17, 15) is 0 Å². The van der Waals surface area contributed by atoms with Crippen LogP contribution < -0.4 is 0 Å². The maximum absolute atomic E-state index is 8.84. The molecule has 60 valence electrons. The maximum Gasteiger partial charge on any atom is 0.0994 e. The third kappa shape index (κ3) is 1.10. The van der Waals surface area contributed by atoms with Gasteiger partial charge >= 0.3 is 0 Å². The van der Waals surface area contributed by atoms with E-state index in [4.69, 9.17) is 5.26 Å². The molecule has 1 aromatic rings. The van der Waals surface area contributed by atoms with Crippen LogP contribution >= 0.6 is 0 Å². The van der Waals surface area contributed by atoms with Crippen LogP contribution in [0.3, 0.4) is 0 Å². The zero-order valence-electron chi connectivity index (χ0n) is 6.96. The van der Waals surface area contributed by atoms with Crippen LogP contribution in [0.4, 0.5) is 0 Å². The van der Waals surface area contributed by atoms with Crippen molar-refractivity contribution in [2.75, 3.05) is 0 Å². The SMILES string of the molecule is N#Cc1ccccc1C1CCC1. The molecule has 0 heterocycles. The highest BCUT2D eigenvalue weighted by molar-refractivity contribution is 5.40. The molecule has 1 fully saturated rings. The molecule has 0 radical (unpaired) electrons. The van der Waals surface area contributed by atoms with E-state index in [1.165, 1.54) is 24.8 Å². The van der Waals surface area contributed by atoms with Crippen LogP contribution in [0.1, 0.15) is 36.3 Å². The normalized spacial score (nSPS) is 16.6. The standard InChI is InChI=1S/C11H11N/c12-8-10-4-1-2-7-11(10)9-5-3-6-9/h1-2,4,7,9H,3,5-6H2. The van der Waals surface area contributed by atoms with Gasteiger partial charge in [0.25, 0.3) is 0 Å². The molecule has 0 atom stereocenters. The molecule has 0 unspecified atom stereocenters. The van der Waals surface area contributed by atoms with Gasteiger partial charge in [-0.15, -0.1) is 0 Å². The Morgan fingerprint density at radius 3 is 2.58 bits per heavy atom. The van der Waals surface area contributed by atoms with E-state index >= 15 is 0 Å². The Morgan fingerprint density at radius 2 is 2.00 bits per heavy atom. The molecule has 12 heavy (non-hydrogen) atoms. The summed E-state index contributed by atoms with van der Waals surface area (Å²) in [6, 6.07) is 10.2. The molecular formula is C11H11N. The van der Waals surface area contributed by atoms with E-state index < -0.39 is 0 Å². The summed E-state index contributed by atoms with van der Waals surface area (Å²) in [6.45, 7) is 0. The Hall–Kier alpha value is -1.29. The van der Waals surface area contributed by atoms with Crippen molar-refractivity contribution in [2.45, 2.75) is 25.2 Å². The van der Waals surface area contributed by atoms with Crippen LogP contribution in [0.25, 0.3) is 0 Å². The van der Waals surface area contributed by atoms with Crippen molar-refractivity contribution in [1.82, 2.24) is 0 Å². The molecule has 0 aliphatic heterocycles. The lowest BCUT2D eigenvalue weighted by molar-refractivity contribution is 0.419. The average molecular weight is 157 g/mol. The Kier molecular flexibility index (Phi) is 1.83. The van der Waals surface area contributed by atoms with Gasteiger partial charge < -0.3 is 0 Å². The summed E-state index contributed by atoms with van der Waals surface area (Å²) >= 11 is 0. The summed E-state index contributed by atoms with van der Waals surface area (Å²) in [7, 11) is 0. The van der Waals surface area contributed by atoms with Gasteiger partial charge in [0.1, 0.15) is 0 Å². The largest absolute Gasteiger partial charge is 0.192 e. The van der Waals surface area contributed by atoms with Gasteiger partial charge in [-0.25, -0.2) is 0 Å². The van der Waals surface area contributed by atoms with Crippen LogP contribution in [-0.2, 0) is 0 Å². The van der Waals surface area contributed by atoms with Crippen LogP contribution in [-0.4, -0.2) is 0 Å². The third-order valence-corrected chi connectivity index (χ3v) is 2.63. The van der Waals surface area contributed by atoms with Gasteiger partial charge in [-0.05, 0) is 30.4 Å². The molecule has 1 saturated carbocycles. The van der Waals surface area contributed by atoms with Crippen molar-refractivity contribution in [1.29, 1.82) is 5.26 Å². The third-order valence-electron chi connectivity index (χ3n) is 2.63. The van der Waals surface area contributed by atoms with Crippen LogP contribution in [0, 0.1) is 11.3 Å². The first-order valence-electron chi connectivity index (χ1n) is 4.41. The predicted octanol–water partition coefficient (Wildman–Crippen LogP) is 2.83. The van der Waals surface area contributed by atoms with E-state index in [1.54, 1.807) is 0 Å². The number of nitrogens with zero attached hydrogens (tertiary/aromatic N) is 1. The summed E-state index contributed by atoms with van der Waals surface area (Å²) in [4.78, 5) is 0. The minimum absolute atomic E-state index is 0.667. The quantitative estimate of drug-likeness (QED) is 0.615. The first-order chi connectivity index (χ1) is 5.92. The summed E-state index contributed by atoms with van der Waals surface area (Å²) in [6.07, 6.45) is 3.85. The molecule has 1 aromatic carbocycles. The van der Waals surface area contributed by atoms with E-state index in [0.29, 0.717) is 5.92 Å². The molecule has 2 rings (SSSR count). The Morgan fingerprint density at radius 1 is 1.25 bits per heavy atom. The average Bonchev–Trinajstić information content (AvgIpc) is 2.02. The van der Waals surface area contributed by atoms with Gasteiger partial charge in [0.05, 0.1) is 11.6 Å². The molecule has 1 aliphatic rings. The van der Waals surface area contributed by atoms with Crippen LogP contribution in [0.15, 0.2) is 24.3 Å². The molecule has 0 amide bonds. The second kappa shape index (κ2) is 2.98. The number of nitriles is 1. The molecule has 0 bridgehead atoms. The second-order valence-corrected chi connectivity index (χ2v) is 3.33. The summed E-state index contributed by atoms with van der Waals surface area (Å²) < 4.78 is 0. The first-order valence-corrected chi connectivity index (χ1v) is 4.41. The van der Waals surface area contributed by atoms with E-state index in [-0.39, 0.29) is 0 Å². The van der Waals surface area contributed by atoms with E-state index in [0.717, 1.165) is 5.56 Å². The van der Waals surface area contributed by atoms with Gasteiger partial charge in [-0.1, -0.05) is 24.6 Å². The van der Waals surface area contributed by atoms with E-state index in [2.05, 4.69) is 12.1 Å². The molecule has 0 spiro atoms. The fourth-order valence-electron chi connectivity index (χ4n) is 1.67. The fraction of sp³-hybridized carbons (Fsp3) is 0.364. The molecule has 0 N–H and O–H groups in total. The summed E-state index contributed by atoms with van der Waals surface area (Å²) in [5.74, 6) is 0.667. The highest BCUT2D eigenvalue weighted by Gasteiger charge is 2.21. The number of benzene rings is 1. The maximum atomic E-state index is 8.84. The van der Waals surface area contributed by atoms with Crippen molar-refractivity contribution in [3.8, 4) is 6.07 Å². The van der Waals surface area contributed by atoms with Gasteiger partial charge in [0.2, 0.25) is 0 Å². The van der Waals surface area contributed by atoms with Crippen molar-refractivity contribution >= 4 is 0 Å². The van der Waals surface area contributed by atoms with Gasteiger partial charge in [0, 0.05) is 0 Å². The van der Waals surface area contributed by atoms with Gasteiger partial charge in [-0.3, -0.25) is 0 Å². The number of hydrogen-bond donors (Lipinski definition) is 0. The minimum atomic E-state index is 0.667. The first kappa shape index (κ1) is 7.36. The van der Waals surface area contributed by atoms with Gasteiger partial charge in [-0.2, -0.15) is 5.26 Å². The predicted molar refractivity (Wildman–Crippen MR) is 47.7 cm³/mol. The Labute approximate surface area is 72.6 Å². The lowest BCUT2D eigenvalue weighted by atomic mass is 9.78. The fourth-order valence-corrected chi connectivity index (χ4v) is 1.67. The number of hydrogen-bond acceptors (Lipinski definition) is 1. The summed E-state index contributed by atoms with van der Waals surface area (Å²) in [5, 5.41) is 8.84. The summed E-state index contributed by atoms with van der Waals surface area (Å²) in [5.41, 5.74) is 2.12. The highest BCUT2D eigenvalue weighted by atomic mass is 14.3. The number of rotatable bonds is 1. The molecule has 1 heteroatoms. The molecule has 1 aliphatic carbocycles. The van der Waals surface area contributed by atoms with Crippen molar-refractivity contribution in [3.05, 3.63) is 35.4 Å². The van der Waals surface area contributed by atoms with Crippen LogP contribution in [0.2, 0.25) is 0 Å². The molecular weight excluding hydrogens is 146 g/mol. The monoisotopic (exact) mass is 157 g/mol. The van der Waals surface area contributed by atoms with Crippen molar-refractivity contribution in [2.24, 2.45) is 0 Å². The zero-order valence-corrected chi connectivity index (χ0v) is 6.96. The van der Waals surface area contributed by atoms with Crippen molar-refractivity contribution in [3.63, 3.8) is 0 Å². The van der Waals surface area contributed by atoms with Crippen molar-refractivity contribution < 1.29 is 0 Å². The topological polar surface area (TPSA) is 23.8 Å². The molecule has 0 saturated heterocycles. The lowest BCUT2D eigenvalue weighted by Gasteiger charge is -2.26. The minimum Gasteiger partial charge on any atom is -0.192 e. The molecule has 0 aromatic heterocycles. The zero-order chi connectivity index (χ0) is 8.39. The Balaban J connectivity index is 2.35. The highest BCUT2D eigenvalue weighted by Crippen LogP contribution is 2.37.